The van der Waals surface area contributed by atoms with E-state index >= 15 is 0 Å². The Hall–Kier alpha value is -4.14. The van der Waals surface area contributed by atoms with Crippen LogP contribution >= 0.6 is 0 Å². The van der Waals surface area contributed by atoms with Gasteiger partial charge in [-0.15, -0.1) is 0 Å². The Balaban J connectivity index is 1.60. The molecule has 1 heterocycles. The van der Waals surface area contributed by atoms with Crippen LogP contribution in [0.4, 0.5) is 0 Å². The summed E-state index contributed by atoms with van der Waals surface area (Å²) in [5, 5.41) is 0. The monoisotopic (exact) mass is 437 g/mol. The zero-order valence-electron chi connectivity index (χ0n) is 18.7. The van der Waals surface area contributed by atoms with E-state index in [1.807, 2.05) is 0 Å². The maximum absolute atomic E-state index is 6.43. The highest BCUT2D eigenvalue weighted by Gasteiger charge is 2.50. The molecule has 1 aliphatic carbocycles. The van der Waals surface area contributed by atoms with Crippen LogP contribution in [0.5, 0.6) is 11.5 Å². The number of para-hydroxylation sites is 2. The smallest absolute Gasteiger partial charge is 0.132 e. The summed E-state index contributed by atoms with van der Waals surface area (Å²) in [5.41, 5.74) is 16.6. The van der Waals surface area contributed by atoms with E-state index in [4.69, 9.17) is 10.5 Å². The van der Waals surface area contributed by atoms with Crippen LogP contribution in [0.15, 0.2) is 115 Å². The van der Waals surface area contributed by atoms with Crippen molar-refractivity contribution < 1.29 is 4.74 Å². The largest absolute Gasteiger partial charge is 0.457 e. The lowest BCUT2D eigenvalue weighted by Gasteiger charge is -2.39. The van der Waals surface area contributed by atoms with Crippen molar-refractivity contribution in [2.45, 2.75) is 12.0 Å². The first-order valence-corrected chi connectivity index (χ1v) is 11.7. The van der Waals surface area contributed by atoms with E-state index in [0.717, 1.165) is 17.1 Å². The van der Waals surface area contributed by atoms with Gasteiger partial charge in [0.2, 0.25) is 0 Å². The fraction of sp³-hybridized carbons (Fsp3) is 0.0625. The average molecular weight is 438 g/mol. The molecule has 34 heavy (non-hydrogen) atoms. The maximum Gasteiger partial charge on any atom is 0.132 e. The zero-order chi connectivity index (χ0) is 22.7. The second-order valence-electron chi connectivity index (χ2n) is 9.05. The van der Waals surface area contributed by atoms with Gasteiger partial charge in [-0.1, -0.05) is 91.0 Å². The van der Waals surface area contributed by atoms with Gasteiger partial charge in [0, 0.05) is 17.7 Å². The minimum absolute atomic E-state index is 0.432. The number of hydrogen-bond acceptors (Lipinski definition) is 2. The number of hydrogen-bond donors (Lipinski definition) is 1. The number of nitrogens with two attached hydrogens (primary N) is 1. The van der Waals surface area contributed by atoms with Crippen LogP contribution in [0.1, 0.15) is 27.8 Å². The van der Waals surface area contributed by atoms with Gasteiger partial charge in [0.25, 0.3) is 0 Å². The Bertz CT molecular complexity index is 1540. The molecule has 0 aromatic heterocycles. The molecule has 2 N–H and O–H groups in total. The Morgan fingerprint density at radius 3 is 1.88 bits per heavy atom. The van der Waals surface area contributed by atoms with Gasteiger partial charge in [0.1, 0.15) is 11.5 Å². The first-order valence-electron chi connectivity index (χ1n) is 11.7. The SMILES string of the molecule is NCc1cccc(-c2ccc3c(c2)C2(c4ccccc4Oc4ccccc42)c2ccccc2-3)c1. The van der Waals surface area contributed by atoms with Crippen molar-refractivity contribution in [2.24, 2.45) is 5.73 Å². The molecule has 5 aromatic rings. The lowest BCUT2D eigenvalue weighted by atomic mass is 9.66. The second kappa shape index (κ2) is 7.18. The van der Waals surface area contributed by atoms with Gasteiger partial charge in [0.05, 0.1) is 5.41 Å². The Morgan fingerprint density at radius 2 is 1.15 bits per heavy atom. The predicted octanol–water partition coefficient (Wildman–Crippen LogP) is 7.28. The van der Waals surface area contributed by atoms with Crippen LogP contribution in [0, 0.1) is 0 Å². The molecular weight excluding hydrogens is 414 g/mol. The number of fused-ring (bicyclic) bond motifs is 9. The number of benzene rings is 5. The van der Waals surface area contributed by atoms with Crippen LogP contribution in [0.3, 0.4) is 0 Å². The highest BCUT2D eigenvalue weighted by molar-refractivity contribution is 5.90. The minimum Gasteiger partial charge on any atom is -0.457 e. The maximum atomic E-state index is 6.43. The molecule has 0 radical (unpaired) electrons. The first-order chi connectivity index (χ1) is 16.8. The van der Waals surface area contributed by atoms with Gasteiger partial charge in [-0.25, -0.2) is 0 Å². The predicted molar refractivity (Wildman–Crippen MR) is 137 cm³/mol. The van der Waals surface area contributed by atoms with E-state index in [-0.39, 0.29) is 0 Å². The van der Waals surface area contributed by atoms with Crippen LogP contribution in [0.2, 0.25) is 0 Å². The Morgan fingerprint density at radius 1 is 0.529 bits per heavy atom. The average Bonchev–Trinajstić information content (AvgIpc) is 3.19. The van der Waals surface area contributed by atoms with Gasteiger partial charge in [0.15, 0.2) is 0 Å². The summed E-state index contributed by atoms with van der Waals surface area (Å²) in [6, 6.07) is 41.2. The van der Waals surface area contributed by atoms with Gasteiger partial charge >= 0.3 is 0 Å². The fourth-order valence-corrected chi connectivity index (χ4v) is 5.91. The highest BCUT2D eigenvalue weighted by Crippen LogP contribution is 2.62. The molecule has 0 amide bonds. The van der Waals surface area contributed by atoms with Gasteiger partial charge < -0.3 is 10.5 Å². The highest BCUT2D eigenvalue weighted by atomic mass is 16.5. The van der Waals surface area contributed by atoms with Crippen molar-refractivity contribution in [1.29, 1.82) is 0 Å². The lowest BCUT2D eigenvalue weighted by Crippen LogP contribution is -2.32. The molecule has 2 heteroatoms. The Kier molecular flexibility index (Phi) is 4.08. The summed E-state index contributed by atoms with van der Waals surface area (Å²) in [4.78, 5) is 0. The zero-order valence-corrected chi connectivity index (χ0v) is 18.7. The molecule has 1 aliphatic heterocycles. The molecule has 2 nitrogen and oxygen atoms in total. The van der Waals surface area contributed by atoms with Gasteiger partial charge in [-0.3, -0.25) is 0 Å². The molecule has 1 spiro atoms. The number of rotatable bonds is 2. The van der Waals surface area contributed by atoms with Crippen molar-refractivity contribution in [1.82, 2.24) is 0 Å². The third kappa shape index (κ3) is 2.49. The normalized spacial score (nSPS) is 14.0. The standard InChI is InChI=1S/C32H23NO/c33-20-21-8-7-9-22(18-21)23-16-17-25-24-10-1-2-11-26(24)32(29(25)19-23)27-12-3-5-14-30(27)34-31-15-6-4-13-28(31)32/h1-19H,20,33H2. The van der Waals surface area contributed by atoms with Gasteiger partial charge in [-0.2, -0.15) is 0 Å². The number of ether oxygens (including phenoxy) is 1. The summed E-state index contributed by atoms with van der Waals surface area (Å²) < 4.78 is 6.43. The molecule has 0 unspecified atom stereocenters. The third-order valence-corrected chi connectivity index (χ3v) is 7.34. The fourth-order valence-electron chi connectivity index (χ4n) is 5.91. The van der Waals surface area contributed by atoms with Crippen LogP contribution < -0.4 is 10.5 Å². The van der Waals surface area contributed by atoms with E-state index in [1.54, 1.807) is 0 Å². The van der Waals surface area contributed by atoms with Crippen molar-refractivity contribution in [3.63, 3.8) is 0 Å². The molecule has 7 rings (SSSR count). The molecule has 0 bridgehead atoms. The molecule has 0 fully saturated rings. The molecule has 5 aromatic carbocycles. The van der Waals surface area contributed by atoms with Crippen molar-refractivity contribution in [2.75, 3.05) is 0 Å². The van der Waals surface area contributed by atoms with Gasteiger partial charge in [-0.05, 0) is 63.2 Å². The lowest BCUT2D eigenvalue weighted by molar-refractivity contribution is 0.436. The van der Waals surface area contributed by atoms with Crippen LogP contribution in [-0.2, 0) is 12.0 Å². The van der Waals surface area contributed by atoms with Crippen LogP contribution in [0.25, 0.3) is 22.3 Å². The summed E-state index contributed by atoms with van der Waals surface area (Å²) in [6.07, 6.45) is 0. The van der Waals surface area contributed by atoms with E-state index in [0.29, 0.717) is 6.54 Å². The van der Waals surface area contributed by atoms with Crippen molar-refractivity contribution >= 4 is 0 Å². The second-order valence-corrected chi connectivity index (χ2v) is 9.05. The van der Waals surface area contributed by atoms with E-state index in [9.17, 15) is 0 Å². The topological polar surface area (TPSA) is 35.2 Å². The molecule has 2 aliphatic rings. The van der Waals surface area contributed by atoms with Crippen molar-refractivity contribution in [3.05, 3.63) is 143 Å². The molecule has 0 atom stereocenters. The molecule has 0 saturated carbocycles. The summed E-state index contributed by atoms with van der Waals surface area (Å²) in [6.45, 7) is 0.534. The first kappa shape index (κ1) is 19.3. The third-order valence-electron chi connectivity index (χ3n) is 7.34. The molecule has 162 valence electrons. The summed E-state index contributed by atoms with van der Waals surface area (Å²) in [5.74, 6) is 1.83. The summed E-state index contributed by atoms with van der Waals surface area (Å²) in [7, 11) is 0. The van der Waals surface area contributed by atoms with E-state index < -0.39 is 5.41 Å². The van der Waals surface area contributed by atoms with Crippen molar-refractivity contribution in [3.8, 4) is 33.8 Å². The Labute approximate surface area is 199 Å². The molecule has 0 saturated heterocycles. The van der Waals surface area contributed by atoms with E-state index in [1.165, 1.54) is 44.5 Å². The summed E-state index contributed by atoms with van der Waals surface area (Å²) >= 11 is 0. The minimum atomic E-state index is -0.432. The van der Waals surface area contributed by atoms with Crippen LogP contribution in [-0.4, -0.2) is 0 Å². The van der Waals surface area contributed by atoms with E-state index in [2.05, 4.69) is 115 Å². The quantitative estimate of drug-likeness (QED) is 0.308. The molecular formula is C32H23NO.